The molecule has 0 saturated carbocycles. The predicted octanol–water partition coefficient (Wildman–Crippen LogP) is 4.13. The van der Waals surface area contributed by atoms with E-state index in [-0.39, 0.29) is 6.04 Å². The number of ether oxygens (including phenoxy) is 1. The van der Waals surface area contributed by atoms with Crippen LogP contribution >= 0.6 is 0 Å². The normalized spacial score (nSPS) is 12.3. The molecule has 0 aliphatic carbocycles. The minimum Gasteiger partial charge on any atom is -0.432 e. The second-order valence-electron chi connectivity index (χ2n) is 4.33. The summed E-state index contributed by atoms with van der Waals surface area (Å²) in [4.78, 5) is 3.72. The molecule has 1 atom stereocenters. The molecule has 2 aromatic rings. The molecule has 0 amide bonds. The quantitative estimate of drug-likeness (QED) is 0.843. The van der Waals surface area contributed by atoms with E-state index >= 15 is 0 Å². The summed E-state index contributed by atoms with van der Waals surface area (Å²) in [5, 5.41) is 2.92. The van der Waals surface area contributed by atoms with Gasteiger partial charge in [-0.25, -0.2) is 8.78 Å². The number of halogens is 4. The van der Waals surface area contributed by atoms with Crippen LogP contribution in [-0.2, 0) is 0 Å². The first kappa shape index (κ1) is 15.1. The first-order chi connectivity index (χ1) is 9.95. The molecule has 0 spiro atoms. The Bertz CT molecular complexity index is 622. The van der Waals surface area contributed by atoms with Crippen LogP contribution in [0.25, 0.3) is 0 Å². The zero-order valence-electron chi connectivity index (χ0n) is 11.0. The van der Waals surface area contributed by atoms with Crippen molar-refractivity contribution in [3.8, 4) is 5.75 Å². The molecule has 1 unspecified atom stereocenters. The molecule has 21 heavy (non-hydrogen) atoms. The number of alkyl halides is 2. The van der Waals surface area contributed by atoms with Gasteiger partial charge in [-0.2, -0.15) is 8.78 Å². The minimum atomic E-state index is -3.09. The van der Waals surface area contributed by atoms with E-state index < -0.39 is 24.0 Å². The zero-order chi connectivity index (χ0) is 15.4. The van der Waals surface area contributed by atoms with Gasteiger partial charge in [0.2, 0.25) is 0 Å². The Morgan fingerprint density at radius 2 is 1.90 bits per heavy atom. The van der Waals surface area contributed by atoms with Crippen molar-refractivity contribution in [2.45, 2.75) is 19.6 Å². The van der Waals surface area contributed by atoms with Crippen molar-refractivity contribution in [3.05, 3.63) is 53.9 Å². The maximum Gasteiger partial charge on any atom is 0.387 e. The van der Waals surface area contributed by atoms with E-state index in [2.05, 4.69) is 15.0 Å². The fraction of sp³-hybridized carbons (Fsp3) is 0.214. The van der Waals surface area contributed by atoms with E-state index in [1.165, 1.54) is 18.3 Å². The van der Waals surface area contributed by atoms with Gasteiger partial charge in [0.15, 0.2) is 11.6 Å². The first-order valence-corrected chi connectivity index (χ1v) is 6.07. The zero-order valence-corrected chi connectivity index (χ0v) is 11.0. The Kier molecular flexibility index (Phi) is 4.62. The minimum absolute atomic E-state index is 0.338. The number of pyridine rings is 1. The summed E-state index contributed by atoms with van der Waals surface area (Å²) in [7, 11) is 0. The fourth-order valence-electron chi connectivity index (χ4n) is 1.78. The molecule has 0 aliphatic heterocycles. The molecule has 2 rings (SSSR count). The van der Waals surface area contributed by atoms with Crippen LogP contribution in [0.15, 0.2) is 36.7 Å². The maximum absolute atomic E-state index is 13.6. The Labute approximate surface area is 118 Å². The van der Waals surface area contributed by atoms with E-state index in [4.69, 9.17) is 0 Å². The van der Waals surface area contributed by atoms with E-state index in [0.29, 0.717) is 11.3 Å². The van der Waals surface area contributed by atoms with E-state index in [1.54, 1.807) is 6.92 Å². The highest BCUT2D eigenvalue weighted by Gasteiger charge is 2.12. The number of hydrogen-bond donors (Lipinski definition) is 1. The topological polar surface area (TPSA) is 34.1 Å². The molecular weight excluding hydrogens is 288 g/mol. The number of nitrogens with zero attached hydrogens (tertiary/aromatic N) is 1. The lowest BCUT2D eigenvalue weighted by molar-refractivity contribution is -0.0521. The summed E-state index contributed by atoms with van der Waals surface area (Å²) in [5.74, 6) is -1.92. The van der Waals surface area contributed by atoms with Gasteiger partial charge in [0.1, 0.15) is 5.82 Å². The van der Waals surface area contributed by atoms with Crippen molar-refractivity contribution < 1.29 is 22.3 Å². The molecule has 0 aliphatic rings. The second kappa shape index (κ2) is 6.43. The lowest BCUT2D eigenvalue weighted by Crippen LogP contribution is -2.08. The monoisotopic (exact) mass is 300 g/mol. The van der Waals surface area contributed by atoms with Crippen LogP contribution < -0.4 is 10.1 Å². The van der Waals surface area contributed by atoms with Crippen LogP contribution in [0.4, 0.5) is 23.2 Å². The number of anilines is 1. The molecule has 0 saturated heterocycles. The van der Waals surface area contributed by atoms with Crippen LogP contribution in [0.3, 0.4) is 0 Å². The van der Waals surface area contributed by atoms with E-state index in [1.807, 2.05) is 0 Å². The Hall–Kier alpha value is -2.31. The van der Waals surface area contributed by atoms with Crippen molar-refractivity contribution in [2.75, 3.05) is 5.32 Å². The summed E-state index contributed by atoms with van der Waals surface area (Å²) < 4.78 is 54.7. The van der Waals surface area contributed by atoms with Gasteiger partial charge in [0.25, 0.3) is 0 Å². The highest BCUT2D eigenvalue weighted by Crippen LogP contribution is 2.25. The Balaban J connectivity index is 2.11. The number of nitrogens with one attached hydrogen (secondary N) is 1. The summed E-state index contributed by atoms with van der Waals surface area (Å²) in [5.41, 5.74) is 0.925. The van der Waals surface area contributed by atoms with Gasteiger partial charge < -0.3 is 10.1 Å². The summed E-state index contributed by atoms with van der Waals surface area (Å²) in [6.07, 6.45) is 2.55. The number of hydrogen-bond acceptors (Lipinski definition) is 3. The van der Waals surface area contributed by atoms with E-state index in [0.717, 1.165) is 18.3 Å². The number of rotatable bonds is 5. The maximum atomic E-state index is 13.6. The predicted molar refractivity (Wildman–Crippen MR) is 69.3 cm³/mol. The van der Waals surface area contributed by atoms with Gasteiger partial charge in [-0.05, 0) is 30.7 Å². The highest BCUT2D eigenvalue weighted by molar-refractivity contribution is 5.48. The van der Waals surface area contributed by atoms with Gasteiger partial charge in [-0.15, -0.1) is 0 Å². The third-order valence-electron chi connectivity index (χ3n) is 2.76. The molecule has 3 nitrogen and oxygen atoms in total. The Morgan fingerprint density at radius 3 is 2.52 bits per heavy atom. The van der Waals surface area contributed by atoms with Crippen LogP contribution in [0.5, 0.6) is 5.75 Å². The SMILES string of the molecule is CC(Nc1ccc(OC(F)F)c(F)c1)c1cncc(F)c1. The largest absolute Gasteiger partial charge is 0.432 e. The summed E-state index contributed by atoms with van der Waals surface area (Å²) in [6.45, 7) is -1.35. The van der Waals surface area contributed by atoms with Crippen LogP contribution in [-0.4, -0.2) is 11.6 Å². The molecule has 0 fully saturated rings. The highest BCUT2D eigenvalue weighted by atomic mass is 19.3. The smallest absolute Gasteiger partial charge is 0.387 e. The van der Waals surface area contributed by atoms with Gasteiger partial charge in [0, 0.05) is 18.0 Å². The molecule has 1 aromatic carbocycles. The standard InChI is InChI=1S/C14H12F4N2O/c1-8(9-4-10(15)7-19-6-9)20-11-2-3-13(12(16)5-11)21-14(17)18/h2-8,14,20H,1H3. The van der Waals surface area contributed by atoms with Crippen molar-refractivity contribution in [1.29, 1.82) is 0 Å². The van der Waals surface area contributed by atoms with Crippen LogP contribution in [0.2, 0.25) is 0 Å². The van der Waals surface area contributed by atoms with Crippen LogP contribution in [0, 0.1) is 11.6 Å². The van der Waals surface area contributed by atoms with Crippen LogP contribution in [0.1, 0.15) is 18.5 Å². The average molecular weight is 300 g/mol. The summed E-state index contributed by atoms with van der Waals surface area (Å²) in [6, 6.07) is 4.48. The first-order valence-electron chi connectivity index (χ1n) is 6.07. The molecular formula is C14H12F4N2O. The van der Waals surface area contributed by atoms with Gasteiger partial charge in [-0.3, -0.25) is 4.98 Å². The van der Waals surface area contributed by atoms with Gasteiger partial charge >= 0.3 is 6.61 Å². The lowest BCUT2D eigenvalue weighted by atomic mass is 10.1. The molecule has 0 radical (unpaired) electrons. The average Bonchev–Trinajstić information content (AvgIpc) is 2.41. The lowest BCUT2D eigenvalue weighted by Gasteiger charge is -2.16. The second-order valence-corrected chi connectivity index (χ2v) is 4.33. The molecule has 1 heterocycles. The molecule has 0 bridgehead atoms. The number of benzene rings is 1. The van der Waals surface area contributed by atoms with Crippen molar-refractivity contribution in [2.24, 2.45) is 0 Å². The van der Waals surface area contributed by atoms with Crippen molar-refractivity contribution in [1.82, 2.24) is 4.98 Å². The van der Waals surface area contributed by atoms with Crippen molar-refractivity contribution in [3.63, 3.8) is 0 Å². The molecule has 7 heteroatoms. The fourth-order valence-corrected chi connectivity index (χ4v) is 1.78. The molecule has 1 aromatic heterocycles. The molecule has 112 valence electrons. The number of aromatic nitrogens is 1. The van der Waals surface area contributed by atoms with Crippen molar-refractivity contribution >= 4 is 5.69 Å². The van der Waals surface area contributed by atoms with Gasteiger partial charge in [-0.1, -0.05) is 0 Å². The van der Waals surface area contributed by atoms with Gasteiger partial charge in [0.05, 0.1) is 12.2 Å². The summed E-state index contributed by atoms with van der Waals surface area (Å²) >= 11 is 0. The van der Waals surface area contributed by atoms with E-state index in [9.17, 15) is 17.6 Å². The Morgan fingerprint density at radius 1 is 1.14 bits per heavy atom. The third-order valence-corrected chi connectivity index (χ3v) is 2.76. The molecule has 1 N–H and O–H groups in total. The third kappa shape index (κ3) is 4.08.